The van der Waals surface area contributed by atoms with Crippen LogP contribution in [0, 0.1) is 5.82 Å². The fourth-order valence-corrected chi connectivity index (χ4v) is 2.51. The molecule has 0 aliphatic carbocycles. The lowest BCUT2D eigenvalue weighted by Crippen LogP contribution is -2.05. The smallest absolute Gasteiger partial charge is 0.165 e. The van der Waals surface area contributed by atoms with Gasteiger partial charge in [-0.2, -0.15) is 0 Å². The molecule has 0 unspecified atom stereocenters. The Bertz CT molecular complexity index is 546. The highest BCUT2D eigenvalue weighted by Crippen LogP contribution is 2.29. The second kappa shape index (κ2) is 8.37. The minimum Gasteiger partial charge on any atom is -0.494 e. The van der Waals surface area contributed by atoms with Crippen LogP contribution < -0.4 is 9.46 Å². The fourth-order valence-electron chi connectivity index (χ4n) is 1.34. The predicted octanol–water partition coefficient (Wildman–Crippen LogP) is 4.96. The van der Waals surface area contributed by atoms with Crippen LogP contribution >= 0.6 is 35.1 Å². The summed E-state index contributed by atoms with van der Waals surface area (Å²) >= 11 is 13.0. The molecular weight excluding hydrogens is 320 g/mol. The van der Waals surface area contributed by atoms with Crippen molar-refractivity contribution in [3.63, 3.8) is 0 Å². The van der Waals surface area contributed by atoms with Crippen molar-refractivity contribution in [2.24, 2.45) is 0 Å². The summed E-state index contributed by atoms with van der Waals surface area (Å²) in [5, 5.41) is 0.719. The average molecular weight is 334 g/mol. The third-order valence-electron chi connectivity index (χ3n) is 2.31. The molecule has 1 rings (SSSR count). The van der Waals surface area contributed by atoms with Crippen molar-refractivity contribution >= 4 is 35.1 Å². The number of hydrogen-bond acceptors (Lipinski definition) is 3. The Labute approximate surface area is 132 Å². The molecule has 0 aliphatic heterocycles. The van der Waals surface area contributed by atoms with Crippen molar-refractivity contribution in [1.29, 1.82) is 0 Å². The van der Waals surface area contributed by atoms with E-state index in [4.69, 9.17) is 27.9 Å². The molecule has 0 saturated carbocycles. The van der Waals surface area contributed by atoms with Gasteiger partial charge in [-0.3, -0.25) is 4.72 Å². The third-order valence-corrected chi connectivity index (χ3v) is 4.02. The summed E-state index contributed by atoms with van der Waals surface area (Å²) in [6.45, 7) is 7.62. The van der Waals surface area contributed by atoms with Crippen LogP contribution in [0.5, 0.6) is 5.75 Å². The van der Waals surface area contributed by atoms with E-state index in [1.165, 1.54) is 31.2 Å². The van der Waals surface area contributed by atoms with E-state index in [2.05, 4.69) is 17.9 Å². The maximum atomic E-state index is 13.5. The lowest BCUT2D eigenvalue weighted by atomic mass is 10.2. The lowest BCUT2D eigenvalue weighted by Gasteiger charge is -2.09. The first-order valence-electron chi connectivity index (χ1n) is 5.58. The van der Waals surface area contributed by atoms with Crippen LogP contribution in [0.1, 0.15) is 5.56 Å². The van der Waals surface area contributed by atoms with Crippen molar-refractivity contribution in [2.45, 2.75) is 6.54 Å². The molecule has 1 aromatic rings. The minimum absolute atomic E-state index is 0.214. The van der Waals surface area contributed by atoms with Crippen LogP contribution in [0.15, 0.2) is 52.4 Å². The number of rotatable bonds is 7. The van der Waals surface area contributed by atoms with Gasteiger partial charge in [0.05, 0.1) is 17.0 Å². The molecule has 0 aromatic heterocycles. The quantitative estimate of drug-likeness (QED) is 0.562. The number of ether oxygens (including phenoxy) is 1. The molecule has 0 radical (unpaired) electrons. The summed E-state index contributed by atoms with van der Waals surface area (Å²) in [4.78, 5) is 0.581. The minimum atomic E-state index is -0.404. The van der Waals surface area contributed by atoms with Crippen molar-refractivity contribution in [2.75, 3.05) is 7.11 Å². The maximum absolute atomic E-state index is 13.5. The van der Waals surface area contributed by atoms with Crippen LogP contribution in [0.2, 0.25) is 0 Å². The topological polar surface area (TPSA) is 21.3 Å². The maximum Gasteiger partial charge on any atom is 0.165 e. The molecule has 1 aromatic carbocycles. The van der Waals surface area contributed by atoms with E-state index >= 15 is 0 Å². The van der Waals surface area contributed by atoms with Crippen LogP contribution in [0.4, 0.5) is 4.39 Å². The number of halogens is 3. The number of allylic oxidation sites excluding steroid dienone is 3. The van der Waals surface area contributed by atoms with Gasteiger partial charge in [0.15, 0.2) is 11.6 Å². The fraction of sp³-hybridized carbons (Fsp3) is 0.143. The van der Waals surface area contributed by atoms with E-state index in [1.807, 2.05) is 0 Å². The van der Waals surface area contributed by atoms with Crippen LogP contribution in [0.25, 0.3) is 0 Å². The molecule has 0 heterocycles. The van der Waals surface area contributed by atoms with Gasteiger partial charge >= 0.3 is 0 Å². The predicted molar refractivity (Wildman–Crippen MR) is 85.5 cm³/mol. The molecular formula is C14H14Cl2FNOS. The Morgan fingerprint density at radius 3 is 2.70 bits per heavy atom. The van der Waals surface area contributed by atoms with Crippen molar-refractivity contribution in [3.05, 3.63) is 63.8 Å². The molecule has 1 N–H and O–H groups in total. The molecule has 0 bridgehead atoms. The average Bonchev–Trinajstić information content (AvgIpc) is 2.42. The highest BCUT2D eigenvalue weighted by atomic mass is 35.5. The van der Waals surface area contributed by atoms with Crippen molar-refractivity contribution in [1.82, 2.24) is 4.72 Å². The van der Waals surface area contributed by atoms with E-state index in [1.54, 1.807) is 12.1 Å². The number of methoxy groups -OCH3 is 1. The van der Waals surface area contributed by atoms with Gasteiger partial charge in [-0.25, -0.2) is 4.39 Å². The Kier molecular flexibility index (Phi) is 7.16. The van der Waals surface area contributed by atoms with Crippen molar-refractivity contribution in [3.8, 4) is 5.75 Å². The molecule has 0 aliphatic rings. The number of benzene rings is 1. The highest BCUT2D eigenvalue weighted by molar-refractivity contribution is 8.01. The molecule has 20 heavy (non-hydrogen) atoms. The van der Waals surface area contributed by atoms with Gasteiger partial charge < -0.3 is 4.74 Å². The summed E-state index contributed by atoms with van der Waals surface area (Å²) in [6, 6.07) is 4.74. The second-order valence-corrected chi connectivity index (χ2v) is 5.44. The van der Waals surface area contributed by atoms with Gasteiger partial charge in [-0.15, -0.1) is 0 Å². The third kappa shape index (κ3) is 4.87. The molecule has 0 saturated heterocycles. The first kappa shape index (κ1) is 17.1. The highest BCUT2D eigenvalue weighted by Gasteiger charge is 2.07. The van der Waals surface area contributed by atoms with Gasteiger partial charge in [0.25, 0.3) is 0 Å². The van der Waals surface area contributed by atoms with Gasteiger partial charge in [-0.05, 0) is 35.7 Å². The molecule has 0 spiro atoms. The molecule has 108 valence electrons. The zero-order chi connectivity index (χ0) is 15.1. The van der Waals surface area contributed by atoms with E-state index in [9.17, 15) is 4.39 Å². The number of hydrogen-bond donors (Lipinski definition) is 1. The van der Waals surface area contributed by atoms with E-state index in [-0.39, 0.29) is 5.75 Å². The van der Waals surface area contributed by atoms with Crippen molar-refractivity contribution < 1.29 is 9.13 Å². The first-order chi connectivity index (χ1) is 9.49. The summed E-state index contributed by atoms with van der Waals surface area (Å²) in [5.41, 5.74) is 0.769. The van der Waals surface area contributed by atoms with Gasteiger partial charge in [-0.1, -0.05) is 42.4 Å². The Hall–Kier alpha value is -0.940. The molecule has 0 atom stereocenters. The van der Waals surface area contributed by atoms with Crippen LogP contribution in [-0.4, -0.2) is 7.11 Å². The number of nitrogens with one attached hydrogen (secondary N) is 1. The molecule has 0 fully saturated rings. The van der Waals surface area contributed by atoms with Crippen LogP contribution in [0.3, 0.4) is 0 Å². The Morgan fingerprint density at radius 1 is 1.50 bits per heavy atom. The Balaban J connectivity index is 2.66. The summed E-state index contributed by atoms with van der Waals surface area (Å²) in [7, 11) is 1.42. The summed E-state index contributed by atoms with van der Waals surface area (Å²) in [6.07, 6.45) is 1.48. The Morgan fingerprint density at radius 2 is 2.20 bits per heavy atom. The normalized spacial score (nSPS) is 11.8. The standard InChI is InChI=1S/C14H14Cl2FNOS/c1-4-11(16)14(9(2)15)20-18-8-10-5-6-13(19-3)12(17)7-10/h4-7,18H,1-2,8H2,3H3/b14-11-. The zero-order valence-corrected chi connectivity index (χ0v) is 13.2. The van der Waals surface area contributed by atoms with Gasteiger partial charge in [0.1, 0.15) is 0 Å². The lowest BCUT2D eigenvalue weighted by molar-refractivity contribution is 0.386. The first-order valence-corrected chi connectivity index (χ1v) is 7.16. The monoisotopic (exact) mass is 333 g/mol. The summed E-state index contributed by atoms with van der Waals surface area (Å²) in [5.74, 6) is -0.190. The zero-order valence-electron chi connectivity index (χ0n) is 10.9. The largest absolute Gasteiger partial charge is 0.494 e. The van der Waals surface area contributed by atoms with Gasteiger partial charge in [0.2, 0.25) is 0 Å². The second-order valence-electron chi connectivity index (χ2n) is 3.68. The SMILES string of the molecule is C=C/C(Cl)=C(/SNCc1ccc(OC)c(F)c1)C(=C)Cl. The van der Waals surface area contributed by atoms with Crippen LogP contribution in [-0.2, 0) is 6.54 Å². The van der Waals surface area contributed by atoms with Gasteiger partial charge in [0, 0.05) is 11.6 Å². The van der Waals surface area contributed by atoms with E-state index in [0.717, 1.165) is 5.56 Å². The van der Waals surface area contributed by atoms with E-state index in [0.29, 0.717) is 21.5 Å². The molecule has 2 nitrogen and oxygen atoms in total. The van der Waals surface area contributed by atoms with E-state index < -0.39 is 5.82 Å². The molecule has 6 heteroatoms. The molecule has 0 amide bonds. The summed E-state index contributed by atoms with van der Waals surface area (Å²) < 4.78 is 21.4.